The molecule has 1 rings (SSSR count). The molecule has 0 fully saturated rings. The minimum atomic E-state index is -0.155. The molecule has 0 aromatic carbocycles. The summed E-state index contributed by atoms with van der Waals surface area (Å²) in [5.41, 5.74) is 1.58. The molecule has 1 aromatic heterocycles. The molecule has 0 aliphatic carbocycles. The molecule has 1 amide bonds. The van der Waals surface area contributed by atoms with Gasteiger partial charge in [-0.25, -0.2) is 4.79 Å². The van der Waals surface area contributed by atoms with E-state index in [0.717, 1.165) is 17.8 Å². The van der Waals surface area contributed by atoms with E-state index in [1.807, 2.05) is 27.7 Å². The highest BCUT2D eigenvalue weighted by atomic mass is 16.5. The number of hydrogen-bond donors (Lipinski definition) is 2. The maximum Gasteiger partial charge on any atom is 0.325 e. The summed E-state index contributed by atoms with van der Waals surface area (Å²) >= 11 is 0. The Bertz CT molecular complexity index is 488. The standard InChI is InChI=1S/C14H25N3O3/c1-10(2)20-9-5-7-15-13(18)6-8-17-12(4)11(3)16-14(17)19/h10H,5-9H2,1-4H3,(H,15,18)(H,16,19). The zero-order valence-corrected chi connectivity index (χ0v) is 12.8. The van der Waals surface area contributed by atoms with Gasteiger partial charge in [-0.3, -0.25) is 9.36 Å². The number of nitrogens with one attached hydrogen (secondary N) is 2. The minimum absolute atomic E-state index is 0.0419. The monoisotopic (exact) mass is 283 g/mol. The Kier molecular flexibility index (Phi) is 6.51. The van der Waals surface area contributed by atoms with Crippen LogP contribution in [0, 0.1) is 13.8 Å². The second kappa shape index (κ2) is 7.89. The van der Waals surface area contributed by atoms with E-state index < -0.39 is 0 Å². The molecular weight excluding hydrogens is 258 g/mol. The van der Waals surface area contributed by atoms with Gasteiger partial charge in [-0.15, -0.1) is 0 Å². The van der Waals surface area contributed by atoms with E-state index in [1.165, 1.54) is 0 Å². The summed E-state index contributed by atoms with van der Waals surface area (Å²) < 4.78 is 6.98. The van der Waals surface area contributed by atoms with Gasteiger partial charge in [-0.05, 0) is 34.1 Å². The predicted octanol–water partition coefficient (Wildman–Crippen LogP) is 1.11. The Balaban J connectivity index is 2.25. The van der Waals surface area contributed by atoms with E-state index in [-0.39, 0.29) is 17.7 Å². The smallest absolute Gasteiger partial charge is 0.325 e. The van der Waals surface area contributed by atoms with Crippen molar-refractivity contribution in [2.45, 2.75) is 53.2 Å². The lowest BCUT2D eigenvalue weighted by molar-refractivity contribution is -0.121. The highest BCUT2D eigenvalue weighted by molar-refractivity contribution is 5.75. The zero-order valence-electron chi connectivity index (χ0n) is 12.8. The molecule has 0 aliphatic rings. The SMILES string of the molecule is Cc1[nH]c(=O)n(CCC(=O)NCCCOC(C)C)c1C. The van der Waals surface area contributed by atoms with Gasteiger partial charge in [0.05, 0.1) is 6.10 Å². The first kappa shape index (κ1) is 16.5. The number of carbonyl (C=O) groups excluding carboxylic acids is 1. The van der Waals surface area contributed by atoms with Gasteiger partial charge in [0.2, 0.25) is 5.91 Å². The number of imidazole rings is 1. The van der Waals surface area contributed by atoms with Crippen molar-refractivity contribution in [2.75, 3.05) is 13.2 Å². The highest BCUT2D eigenvalue weighted by Gasteiger charge is 2.08. The van der Waals surface area contributed by atoms with Crippen LogP contribution in [0.5, 0.6) is 0 Å². The molecule has 6 heteroatoms. The van der Waals surface area contributed by atoms with Crippen molar-refractivity contribution in [3.63, 3.8) is 0 Å². The summed E-state index contributed by atoms with van der Waals surface area (Å²) in [5, 5.41) is 2.83. The normalized spacial score (nSPS) is 11.1. The van der Waals surface area contributed by atoms with E-state index in [1.54, 1.807) is 4.57 Å². The lowest BCUT2D eigenvalue weighted by atomic mass is 10.3. The number of rotatable bonds is 8. The van der Waals surface area contributed by atoms with Crippen LogP contribution in [0.15, 0.2) is 4.79 Å². The lowest BCUT2D eigenvalue weighted by Gasteiger charge is -2.08. The molecule has 1 heterocycles. The Morgan fingerprint density at radius 1 is 1.40 bits per heavy atom. The van der Waals surface area contributed by atoms with E-state index in [0.29, 0.717) is 26.1 Å². The maximum atomic E-state index is 11.7. The number of carbonyl (C=O) groups is 1. The van der Waals surface area contributed by atoms with Crippen LogP contribution in [0.3, 0.4) is 0 Å². The van der Waals surface area contributed by atoms with Gasteiger partial charge in [-0.1, -0.05) is 0 Å². The number of aryl methyl sites for hydroxylation is 1. The number of aromatic amines is 1. The Hall–Kier alpha value is -1.56. The molecular formula is C14H25N3O3. The Labute approximate surface area is 119 Å². The summed E-state index contributed by atoms with van der Waals surface area (Å²) in [7, 11) is 0. The predicted molar refractivity (Wildman–Crippen MR) is 77.9 cm³/mol. The fourth-order valence-electron chi connectivity index (χ4n) is 1.86. The van der Waals surface area contributed by atoms with Gasteiger partial charge < -0.3 is 15.0 Å². The van der Waals surface area contributed by atoms with E-state index >= 15 is 0 Å². The first-order chi connectivity index (χ1) is 9.41. The topological polar surface area (TPSA) is 76.1 Å². The van der Waals surface area contributed by atoms with Crippen molar-refractivity contribution in [2.24, 2.45) is 0 Å². The summed E-state index contributed by atoms with van der Waals surface area (Å²) in [6.45, 7) is 9.34. The molecule has 0 aliphatic heterocycles. The van der Waals surface area contributed by atoms with Crippen molar-refractivity contribution < 1.29 is 9.53 Å². The van der Waals surface area contributed by atoms with Crippen LogP contribution in [-0.2, 0) is 16.1 Å². The van der Waals surface area contributed by atoms with Crippen LogP contribution in [-0.4, -0.2) is 34.7 Å². The number of aromatic nitrogens is 2. The molecule has 0 atom stereocenters. The fourth-order valence-corrected chi connectivity index (χ4v) is 1.86. The lowest BCUT2D eigenvalue weighted by Crippen LogP contribution is -2.28. The number of nitrogens with zero attached hydrogens (tertiary/aromatic N) is 1. The third-order valence-corrected chi connectivity index (χ3v) is 3.14. The quantitative estimate of drug-likeness (QED) is 0.702. The molecule has 0 saturated carbocycles. The van der Waals surface area contributed by atoms with Crippen molar-refractivity contribution in [1.82, 2.24) is 14.9 Å². The third kappa shape index (κ3) is 5.21. The van der Waals surface area contributed by atoms with Gasteiger partial charge in [0.1, 0.15) is 0 Å². The van der Waals surface area contributed by atoms with E-state index in [9.17, 15) is 9.59 Å². The summed E-state index contributed by atoms with van der Waals surface area (Å²) in [5.74, 6) is -0.0419. The van der Waals surface area contributed by atoms with Crippen molar-refractivity contribution in [3.8, 4) is 0 Å². The summed E-state index contributed by atoms with van der Waals surface area (Å²) in [6, 6.07) is 0. The number of amides is 1. The molecule has 20 heavy (non-hydrogen) atoms. The fraction of sp³-hybridized carbons (Fsp3) is 0.714. The molecule has 1 aromatic rings. The van der Waals surface area contributed by atoms with Crippen molar-refractivity contribution in [1.29, 1.82) is 0 Å². The first-order valence-corrected chi connectivity index (χ1v) is 7.06. The second-order valence-electron chi connectivity index (χ2n) is 5.17. The van der Waals surface area contributed by atoms with E-state index in [4.69, 9.17) is 4.74 Å². The number of ether oxygens (including phenoxy) is 1. The van der Waals surface area contributed by atoms with Crippen molar-refractivity contribution >= 4 is 5.91 Å². The van der Waals surface area contributed by atoms with Crippen LogP contribution in [0.25, 0.3) is 0 Å². The largest absolute Gasteiger partial charge is 0.379 e. The number of H-pyrrole nitrogens is 1. The molecule has 0 unspecified atom stereocenters. The second-order valence-corrected chi connectivity index (χ2v) is 5.17. The summed E-state index contributed by atoms with van der Waals surface area (Å²) in [6.07, 6.45) is 1.33. The van der Waals surface area contributed by atoms with E-state index in [2.05, 4.69) is 10.3 Å². The zero-order chi connectivity index (χ0) is 15.1. The Morgan fingerprint density at radius 3 is 2.65 bits per heavy atom. The van der Waals surface area contributed by atoms with Gasteiger partial charge in [0.25, 0.3) is 0 Å². The molecule has 0 bridgehead atoms. The molecule has 0 radical (unpaired) electrons. The number of hydrogen-bond acceptors (Lipinski definition) is 3. The molecule has 0 saturated heterocycles. The minimum Gasteiger partial charge on any atom is -0.379 e. The van der Waals surface area contributed by atoms with Gasteiger partial charge in [0, 0.05) is 37.5 Å². The maximum absolute atomic E-state index is 11.7. The summed E-state index contributed by atoms with van der Waals surface area (Å²) in [4.78, 5) is 26.0. The molecule has 6 nitrogen and oxygen atoms in total. The molecule has 0 spiro atoms. The van der Waals surface area contributed by atoms with Gasteiger partial charge >= 0.3 is 5.69 Å². The van der Waals surface area contributed by atoms with Crippen LogP contribution >= 0.6 is 0 Å². The highest BCUT2D eigenvalue weighted by Crippen LogP contribution is 2.01. The van der Waals surface area contributed by atoms with Gasteiger partial charge in [0.15, 0.2) is 0 Å². The molecule has 114 valence electrons. The van der Waals surface area contributed by atoms with Crippen LogP contribution in [0.1, 0.15) is 38.1 Å². The average molecular weight is 283 g/mol. The molecule has 2 N–H and O–H groups in total. The van der Waals surface area contributed by atoms with Gasteiger partial charge in [-0.2, -0.15) is 0 Å². The van der Waals surface area contributed by atoms with Crippen LogP contribution < -0.4 is 11.0 Å². The Morgan fingerprint density at radius 2 is 2.10 bits per heavy atom. The van der Waals surface area contributed by atoms with Crippen LogP contribution in [0.4, 0.5) is 0 Å². The van der Waals surface area contributed by atoms with Crippen molar-refractivity contribution in [3.05, 3.63) is 21.9 Å². The third-order valence-electron chi connectivity index (χ3n) is 3.14. The van der Waals surface area contributed by atoms with Crippen LogP contribution in [0.2, 0.25) is 0 Å². The first-order valence-electron chi connectivity index (χ1n) is 7.06. The average Bonchev–Trinajstić information content (AvgIpc) is 2.60.